The normalized spacial score (nSPS) is 13.0. The number of hydrogen-bond acceptors (Lipinski definition) is 10. The average Bonchev–Trinajstić information content (AvgIpc) is 3.78. The molecule has 6 nitrogen and oxygen atoms in total. The van der Waals surface area contributed by atoms with Crippen molar-refractivity contribution in [2.45, 2.75) is 12.7 Å². The highest BCUT2D eigenvalue weighted by Gasteiger charge is 2.34. The van der Waals surface area contributed by atoms with Crippen LogP contribution in [0.5, 0.6) is 11.5 Å². The van der Waals surface area contributed by atoms with Gasteiger partial charge in [-0.05, 0) is 48.5 Å². The summed E-state index contributed by atoms with van der Waals surface area (Å²) in [6.07, 6.45) is -9.68. The summed E-state index contributed by atoms with van der Waals surface area (Å²) < 4.78 is 103. The third-order valence-corrected chi connectivity index (χ3v) is 9.89. The molecule has 0 amide bonds. The number of nitrogens with one attached hydrogen (secondary N) is 2. The summed E-state index contributed by atoms with van der Waals surface area (Å²) in [5.74, 6) is -0.610. The van der Waals surface area contributed by atoms with E-state index in [-0.39, 0.29) is 11.5 Å². The van der Waals surface area contributed by atoms with Gasteiger partial charge in [0.25, 0.3) is 0 Å². The van der Waals surface area contributed by atoms with Crippen molar-refractivity contribution in [2.24, 2.45) is 0 Å². The van der Waals surface area contributed by atoms with Crippen molar-refractivity contribution in [3.8, 4) is 53.3 Å². The number of hydrogen-bond donors (Lipinski definition) is 2. The number of ether oxygens (including phenoxy) is 2. The van der Waals surface area contributed by atoms with Crippen LogP contribution >= 0.6 is 46.5 Å². The minimum Gasteiger partial charge on any atom is -0.405 e. The van der Waals surface area contributed by atoms with Gasteiger partial charge in [-0.15, -0.1) is 49.0 Å². The molecule has 4 heterocycles. The van der Waals surface area contributed by atoms with E-state index in [0.717, 1.165) is 32.6 Å². The van der Waals surface area contributed by atoms with E-state index < -0.39 is 12.7 Å². The zero-order valence-corrected chi connectivity index (χ0v) is 24.8. The predicted molar refractivity (Wildman–Crippen MR) is 163 cm³/mol. The maximum absolute atomic E-state index is 13.1. The molecule has 0 saturated heterocycles. The summed E-state index contributed by atoms with van der Waals surface area (Å²) in [7, 11) is 0. The van der Waals surface area contributed by atoms with Crippen LogP contribution in [0.25, 0.3) is 52.8 Å². The van der Waals surface area contributed by atoms with Crippen molar-refractivity contribution in [2.75, 3.05) is 9.44 Å². The van der Waals surface area contributed by atoms with Gasteiger partial charge in [-0.25, -0.2) is 0 Å². The fraction of sp³-hybridized carbons (Fsp3) is 0.0714. The topological polar surface area (TPSA) is 68.3 Å². The van der Waals surface area contributed by atoms with Gasteiger partial charge >= 0.3 is 12.7 Å². The van der Waals surface area contributed by atoms with Gasteiger partial charge in [0.05, 0.1) is 35.2 Å². The summed E-state index contributed by atoms with van der Waals surface area (Å²) >= 11 is 4.79. The summed E-state index contributed by atoms with van der Waals surface area (Å²) in [4.78, 5) is 2.61. The minimum absolute atomic E-state index is 0.295. The Balaban J connectivity index is 1.32. The molecule has 0 unspecified atom stereocenters. The van der Waals surface area contributed by atoms with E-state index in [1.807, 2.05) is 12.1 Å². The maximum atomic E-state index is 13.1. The van der Waals surface area contributed by atoms with E-state index >= 15 is 0 Å². The van der Waals surface area contributed by atoms with Gasteiger partial charge in [-0.2, -0.15) is 8.75 Å². The molecule has 224 valence electrons. The van der Waals surface area contributed by atoms with Gasteiger partial charge in [-0.3, -0.25) is 0 Å². The predicted octanol–water partition coefficient (Wildman–Crippen LogP) is 10.7. The Hall–Kier alpha value is -3.99. The number of nitrogens with zero attached hydrogens (tertiary/aromatic N) is 2. The van der Waals surface area contributed by atoms with E-state index in [4.69, 9.17) is 0 Å². The summed E-state index contributed by atoms with van der Waals surface area (Å²) in [6.45, 7) is 0. The lowest BCUT2D eigenvalue weighted by Crippen LogP contribution is -2.17. The fourth-order valence-electron chi connectivity index (χ4n) is 4.82. The third kappa shape index (κ3) is 5.42. The molecule has 7 rings (SSSR count). The van der Waals surface area contributed by atoms with Crippen LogP contribution in [-0.2, 0) is 0 Å². The monoisotopic (exact) mass is 680 g/mol. The highest BCUT2D eigenvalue weighted by molar-refractivity contribution is 8.02. The van der Waals surface area contributed by atoms with E-state index in [2.05, 4.69) is 27.7 Å². The maximum Gasteiger partial charge on any atom is 0.573 e. The molecule has 1 aliphatic rings. The molecule has 2 N–H and O–H groups in total. The third-order valence-electron chi connectivity index (χ3n) is 6.48. The van der Waals surface area contributed by atoms with Gasteiger partial charge in [0, 0.05) is 41.8 Å². The number of aromatic nitrogens is 2. The Labute approximate surface area is 260 Å². The SMILES string of the molecule is FC(F)(F)Oc1ccccc1-c1ccc(-c2c3c(c(-c4ccc(-c5ccccc5OC(F)(F)F)s4)c4nsnc24)NSN3)s1. The van der Waals surface area contributed by atoms with Crippen LogP contribution in [0, 0.1) is 0 Å². The van der Waals surface area contributed by atoms with Crippen molar-refractivity contribution in [3.05, 3.63) is 72.8 Å². The lowest BCUT2D eigenvalue weighted by Gasteiger charge is -2.13. The number of thiophene rings is 2. The molecule has 0 atom stereocenters. The molecule has 0 spiro atoms. The highest BCUT2D eigenvalue weighted by Crippen LogP contribution is 2.55. The van der Waals surface area contributed by atoms with Gasteiger partial charge < -0.3 is 18.9 Å². The van der Waals surface area contributed by atoms with Crippen molar-refractivity contribution in [1.29, 1.82) is 0 Å². The quantitative estimate of drug-likeness (QED) is 0.134. The van der Waals surface area contributed by atoms with Crippen LogP contribution in [0.4, 0.5) is 37.7 Å². The summed E-state index contributed by atoms with van der Waals surface area (Å²) in [6, 6.07) is 18.9. The van der Waals surface area contributed by atoms with Crippen molar-refractivity contribution >= 4 is 68.9 Å². The smallest absolute Gasteiger partial charge is 0.405 e. The number of halogens is 6. The molecular formula is C28H14F6N4O2S4. The minimum atomic E-state index is -4.84. The number of para-hydroxylation sites is 2. The van der Waals surface area contributed by atoms with Crippen LogP contribution in [0.2, 0.25) is 0 Å². The first-order valence-electron chi connectivity index (χ1n) is 12.5. The van der Waals surface area contributed by atoms with E-state index in [0.29, 0.717) is 43.3 Å². The molecule has 0 fully saturated rings. The van der Waals surface area contributed by atoms with Gasteiger partial charge in [0.1, 0.15) is 22.5 Å². The van der Waals surface area contributed by atoms with Crippen LogP contribution in [0.1, 0.15) is 0 Å². The van der Waals surface area contributed by atoms with Crippen molar-refractivity contribution < 1.29 is 35.8 Å². The summed E-state index contributed by atoms with van der Waals surface area (Å²) in [5.41, 5.74) is 4.58. The number of alkyl halides is 6. The fourth-order valence-corrected chi connectivity index (χ4v) is 8.22. The summed E-state index contributed by atoms with van der Waals surface area (Å²) in [5, 5.41) is 0. The zero-order valence-electron chi connectivity index (χ0n) is 21.5. The van der Waals surface area contributed by atoms with E-state index in [1.165, 1.54) is 59.1 Å². The van der Waals surface area contributed by atoms with E-state index in [9.17, 15) is 26.3 Å². The Morgan fingerprint density at radius 3 is 1.39 bits per heavy atom. The molecule has 0 aliphatic carbocycles. The number of benzene rings is 3. The number of fused-ring (bicyclic) bond motifs is 2. The Kier molecular flexibility index (Phi) is 7.10. The standard InChI is InChI=1S/C28H14F6N4O2S4/c29-27(30,31)39-15-7-3-1-5-13(15)17-9-11-19(41-17)21-23-25(37-43-35-23)22(26-24(21)36-44-38-26)20-12-10-18(42-20)14-6-2-4-8-16(14)40-28(32,33)34/h1-12,35,37H. The molecule has 3 aromatic heterocycles. The Bertz CT molecular complexity index is 1880. The molecule has 16 heteroatoms. The second-order valence-corrected chi connectivity index (χ2v) is 12.5. The molecular weight excluding hydrogens is 667 g/mol. The average molecular weight is 681 g/mol. The zero-order chi connectivity index (χ0) is 30.6. The Morgan fingerprint density at radius 2 is 0.955 bits per heavy atom. The molecule has 44 heavy (non-hydrogen) atoms. The molecule has 0 bridgehead atoms. The Morgan fingerprint density at radius 1 is 0.545 bits per heavy atom. The van der Waals surface area contributed by atoms with Gasteiger partial charge in [0.15, 0.2) is 0 Å². The second kappa shape index (κ2) is 10.9. The largest absolute Gasteiger partial charge is 0.573 e. The molecule has 0 radical (unpaired) electrons. The lowest BCUT2D eigenvalue weighted by molar-refractivity contribution is -0.275. The first-order valence-corrected chi connectivity index (χ1v) is 15.6. The van der Waals surface area contributed by atoms with Crippen molar-refractivity contribution in [3.63, 3.8) is 0 Å². The first-order chi connectivity index (χ1) is 21.1. The van der Waals surface area contributed by atoms with E-state index in [1.54, 1.807) is 36.4 Å². The van der Waals surface area contributed by atoms with Crippen LogP contribution in [-0.4, -0.2) is 21.5 Å². The number of rotatable bonds is 6. The van der Waals surface area contributed by atoms with Gasteiger partial charge in [-0.1, -0.05) is 24.3 Å². The van der Waals surface area contributed by atoms with Crippen LogP contribution < -0.4 is 18.9 Å². The van der Waals surface area contributed by atoms with Crippen LogP contribution in [0.15, 0.2) is 72.8 Å². The lowest BCUT2D eigenvalue weighted by atomic mass is 10.0. The first kappa shape index (κ1) is 28.8. The van der Waals surface area contributed by atoms with Crippen LogP contribution in [0.3, 0.4) is 0 Å². The van der Waals surface area contributed by atoms with Gasteiger partial charge in [0.2, 0.25) is 0 Å². The second-order valence-electron chi connectivity index (χ2n) is 9.18. The highest BCUT2D eigenvalue weighted by atomic mass is 32.2. The molecule has 0 saturated carbocycles. The molecule has 1 aliphatic heterocycles. The molecule has 6 aromatic rings. The molecule has 3 aromatic carbocycles. The number of anilines is 2. The van der Waals surface area contributed by atoms with Crippen molar-refractivity contribution in [1.82, 2.24) is 8.75 Å².